The van der Waals surface area contributed by atoms with Crippen LogP contribution in [0.4, 0.5) is 30.2 Å². The second-order valence-electron chi connectivity index (χ2n) is 8.91. The molecule has 8 nitrogen and oxygen atoms in total. The molecule has 1 N–H and O–H groups in total. The third kappa shape index (κ3) is 5.74. The number of alkyl halides is 3. The van der Waals surface area contributed by atoms with Crippen LogP contribution in [0.2, 0.25) is 10.0 Å². The third-order valence-corrected chi connectivity index (χ3v) is 6.79. The van der Waals surface area contributed by atoms with Crippen LogP contribution in [0.25, 0.3) is 0 Å². The summed E-state index contributed by atoms with van der Waals surface area (Å²) in [5.74, 6) is 0.0672. The molecule has 0 bridgehead atoms. The van der Waals surface area contributed by atoms with E-state index < -0.39 is 12.7 Å². The second-order valence-corrected chi connectivity index (χ2v) is 9.70. The van der Waals surface area contributed by atoms with Crippen LogP contribution in [0, 0.1) is 6.92 Å². The van der Waals surface area contributed by atoms with Crippen molar-refractivity contribution in [3.63, 3.8) is 0 Å². The van der Waals surface area contributed by atoms with E-state index >= 15 is 0 Å². The maximum atomic E-state index is 12.6. The van der Waals surface area contributed by atoms with Crippen LogP contribution in [-0.2, 0) is 11.3 Å². The molecular formula is C22H26Cl2F3N7O. The van der Waals surface area contributed by atoms with Gasteiger partial charge in [0.25, 0.3) is 0 Å². The van der Waals surface area contributed by atoms with Gasteiger partial charge in [-0.15, -0.1) is 0 Å². The highest BCUT2D eigenvalue weighted by Crippen LogP contribution is 2.43. The van der Waals surface area contributed by atoms with Crippen molar-refractivity contribution in [1.82, 2.24) is 14.7 Å². The Hall–Kier alpha value is -2.34. The van der Waals surface area contributed by atoms with Gasteiger partial charge in [0.05, 0.1) is 52.1 Å². The van der Waals surface area contributed by atoms with Gasteiger partial charge in [-0.3, -0.25) is 9.58 Å². The zero-order valence-electron chi connectivity index (χ0n) is 19.4. The minimum absolute atomic E-state index is 0.0672. The number of rotatable bonds is 5. The Labute approximate surface area is 211 Å². The lowest BCUT2D eigenvalue weighted by molar-refractivity contribution is -0.142. The minimum atomic E-state index is -4.38. The van der Waals surface area contributed by atoms with E-state index in [1.54, 1.807) is 6.07 Å². The summed E-state index contributed by atoms with van der Waals surface area (Å²) in [7, 11) is 0. The van der Waals surface area contributed by atoms with Gasteiger partial charge in [0.15, 0.2) is 0 Å². The fourth-order valence-corrected chi connectivity index (χ4v) is 5.07. The molecule has 2 aromatic rings. The van der Waals surface area contributed by atoms with Crippen molar-refractivity contribution in [2.45, 2.75) is 32.1 Å². The number of benzene rings is 1. The topological polar surface area (TPSA) is 70.3 Å². The molecule has 35 heavy (non-hydrogen) atoms. The predicted octanol–water partition coefficient (Wildman–Crippen LogP) is 4.77. The first kappa shape index (κ1) is 25.7. The highest BCUT2D eigenvalue weighted by atomic mass is 35.5. The summed E-state index contributed by atoms with van der Waals surface area (Å²) >= 11 is 13.4. The maximum Gasteiger partial charge on any atom is 0.408 e. The molecule has 2 fully saturated rings. The van der Waals surface area contributed by atoms with Crippen LogP contribution < -0.4 is 10.2 Å². The molecule has 2 aliphatic heterocycles. The quantitative estimate of drug-likeness (QED) is 0.444. The molecule has 0 aliphatic carbocycles. The first-order valence-corrected chi connectivity index (χ1v) is 11.7. The molecule has 4 rings (SSSR count). The van der Waals surface area contributed by atoms with Crippen molar-refractivity contribution < 1.29 is 17.9 Å². The number of nitrogens with one attached hydrogen (secondary N) is 1. The molecule has 13 heteroatoms. The SMILES string of the molecule is C=NC(=Nc1c(C)cc(Cl)c(N2CCN(C3(C)COC3)CC2)c1Cl)Nc1cnn(CC(F)(F)F)c1. The van der Waals surface area contributed by atoms with Gasteiger partial charge < -0.3 is 15.0 Å². The van der Waals surface area contributed by atoms with Crippen molar-refractivity contribution in [2.75, 3.05) is 49.6 Å². The Bertz CT molecular complexity index is 1120. The molecule has 2 saturated heterocycles. The summed E-state index contributed by atoms with van der Waals surface area (Å²) in [6.07, 6.45) is -1.92. The van der Waals surface area contributed by atoms with Crippen LogP contribution in [0.3, 0.4) is 0 Å². The number of ether oxygens (including phenoxy) is 1. The average Bonchev–Trinajstić information content (AvgIpc) is 3.19. The zero-order valence-corrected chi connectivity index (χ0v) is 20.9. The van der Waals surface area contributed by atoms with Crippen molar-refractivity contribution >= 4 is 52.9 Å². The molecule has 190 valence electrons. The van der Waals surface area contributed by atoms with Gasteiger partial charge in [-0.1, -0.05) is 23.2 Å². The highest BCUT2D eigenvalue weighted by molar-refractivity contribution is 6.41. The number of aryl methyl sites for hydroxylation is 1. The van der Waals surface area contributed by atoms with E-state index in [1.165, 1.54) is 12.4 Å². The molecule has 0 atom stereocenters. The van der Waals surface area contributed by atoms with Crippen molar-refractivity contribution in [3.05, 3.63) is 34.1 Å². The summed E-state index contributed by atoms with van der Waals surface area (Å²) in [5, 5.41) is 7.43. The molecule has 0 spiro atoms. The maximum absolute atomic E-state index is 12.6. The van der Waals surface area contributed by atoms with Crippen molar-refractivity contribution in [1.29, 1.82) is 0 Å². The van der Waals surface area contributed by atoms with E-state index in [-0.39, 0.29) is 17.2 Å². The van der Waals surface area contributed by atoms with Gasteiger partial charge in [0.2, 0.25) is 5.96 Å². The Morgan fingerprint density at radius 1 is 1.26 bits per heavy atom. The first-order chi connectivity index (χ1) is 16.5. The monoisotopic (exact) mass is 531 g/mol. The number of aromatic nitrogens is 2. The fraction of sp³-hybridized carbons (Fsp3) is 0.500. The van der Waals surface area contributed by atoms with E-state index in [2.05, 4.69) is 43.8 Å². The number of anilines is 2. The molecule has 0 unspecified atom stereocenters. The number of hydrogen-bond acceptors (Lipinski definition) is 5. The molecule has 1 aromatic heterocycles. The largest absolute Gasteiger partial charge is 0.408 e. The summed E-state index contributed by atoms with van der Waals surface area (Å²) in [5.41, 5.74) is 2.22. The van der Waals surface area contributed by atoms with Crippen LogP contribution in [0.1, 0.15) is 12.5 Å². The average molecular weight is 532 g/mol. The number of nitrogens with zero attached hydrogens (tertiary/aromatic N) is 6. The Morgan fingerprint density at radius 2 is 1.94 bits per heavy atom. The van der Waals surface area contributed by atoms with E-state index in [4.69, 9.17) is 27.9 Å². The normalized spacial score (nSPS) is 18.9. The molecule has 0 saturated carbocycles. The summed E-state index contributed by atoms with van der Waals surface area (Å²) < 4.78 is 44.0. The van der Waals surface area contributed by atoms with Gasteiger partial charge in [0, 0.05) is 32.4 Å². The molecule has 3 heterocycles. The number of aliphatic imine (C=N–C) groups is 2. The summed E-state index contributed by atoms with van der Waals surface area (Å²) in [6.45, 7) is 11.0. The number of halogens is 5. The lowest BCUT2D eigenvalue weighted by Gasteiger charge is -2.50. The third-order valence-electron chi connectivity index (χ3n) is 6.14. The van der Waals surface area contributed by atoms with Gasteiger partial charge in [-0.05, 0) is 32.2 Å². The minimum Gasteiger partial charge on any atom is -0.377 e. The lowest BCUT2D eigenvalue weighted by Crippen LogP contribution is -2.64. The van der Waals surface area contributed by atoms with Gasteiger partial charge in [-0.25, -0.2) is 9.98 Å². The van der Waals surface area contributed by atoms with E-state index in [0.717, 1.165) is 49.6 Å². The van der Waals surface area contributed by atoms with Crippen LogP contribution in [0.15, 0.2) is 28.4 Å². The Kier molecular flexibility index (Phi) is 7.33. The first-order valence-electron chi connectivity index (χ1n) is 11.0. The lowest BCUT2D eigenvalue weighted by atomic mass is 9.97. The zero-order chi connectivity index (χ0) is 25.4. The second kappa shape index (κ2) is 9.96. The van der Waals surface area contributed by atoms with Crippen LogP contribution >= 0.6 is 23.2 Å². The summed E-state index contributed by atoms with van der Waals surface area (Å²) in [4.78, 5) is 12.9. The molecule has 0 amide bonds. The molecule has 2 aliphatic rings. The number of guanidine groups is 1. The fourth-order valence-electron chi connectivity index (χ4n) is 4.23. The van der Waals surface area contributed by atoms with Crippen LogP contribution in [0.5, 0.6) is 0 Å². The standard InChI is InChI=1S/C22H26Cl2F3N7O/c1-14-8-16(23)19(32-4-6-33(7-5-32)21(2)12-35-13-21)17(24)18(14)31-20(28-3)30-15-9-29-34(10-15)11-22(25,26)27/h8-10H,3-7,11-13H2,1-2H3,(H,30,31). The Morgan fingerprint density at radius 3 is 2.51 bits per heavy atom. The molecular weight excluding hydrogens is 506 g/mol. The highest BCUT2D eigenvalue weighted by Gasteiger charge is 2.41. The molecule has 0 radical (unpaired) electrons. The van der Waals surface area contributed by atoms with Crippen molar-refractivity contribution in [3.8, 4) is 0 Å². The van der Waals surface area contributed by atoms with Crippen LogP contribution in [-0.4, -0.2) is 78.5 Å². The summed E-state index contributed by atoms with van der Waals surface area (Å²) in [6, 6.07) is 1.79. The Balaban J connectivity index is 1.54. The number of hydrogen-bond donors (Lipinski definition) is 1. The molecule has 1 aromatic carbocycles. The van der Waals surface area contributed by atoms with E-state index in [9.17, 15) is 13.2 Å². The van der Waals surface area contributed by atoms with E-state index in [0.29, 0.717) is 21.4 Å². The van der Waals surface area contributed by atoms with E-state index in [1.807, 2.05) is 6.92 Å². The smallest absolute Gasteiger partial charge is 0.377 e. The predicted molar refractivity (Wildman–Crippen MR) is 133 cm³/mol. The van der Waals surface area contributed by atoms with Crippen molar-refractivity contribution in [2.24, 2.45) is 9.98 Å². The number of piperazine rings is 1. The van der Waals surface area contributed by atoms with Gasteiger partial charge >= 0.3 is 6.18 Å². The van der Waals surface area contributed by atoms with Gasteiger partial charge in [0.1, 0.15) is 6.54 Å². The van der Waals surface area contributed by atoms with Gasteiger partial charge in [-0.2, -0.15) is 18.3 Å².